The number of rotatable bonds is 8. The van der Waals surface area contributed by atoms with Gasteiger partial charge >= 0.3 is 12.3 Å². The van der Waals surface area contributed by atoms with Crippen molar-refractivity contribution in [2.45, 2.75) is 39.0 Å². The summed E-state index contributed by atoms with van der Waals surface area (Å²) in [5.41, 5.74) is 1.02. The average molecular weight is 517 g/mol. The lowest BCUT2D eigenvalue weighted by molar-refractivity contribution is -0.153. The zero-order valence-electron chi connectivity index (χ0n) is 19.7. The summed E-state index contributed by atoms with van der Waals surface area (Å²) in [5, 5.41) is 2.65. The summed E-state index contributed by atoms with van der Waals surface area (Å²) in [7, 11) is -3.93. The van der Waals surface area contributed by atoms with E-state index in [2.05, 4.69) is 5.32 Å². The van der Waals surface area contributed by atoms with E-state index < -0.39 is 46.2 Å². The number of nitrogens with one attached hydrogen (secondary N) is 2. The third kappa shape index (κ3) is 10.3. The number of carbonyl (C=O) groups excluding carboxylic acids is 2. The first-order chi connectivity index (χ1) is 16.0. The fourth-order valence-electron chi connectivity index (χ4n) is 2.88. The third-order valence-electron chi connectivity index (χ3n) is 4.26. The number of ether oxygens (including phenoxy) is 2. The molecule has 0 aliphatic heterocycles. The molecule has 0 fully saturated rings. The molecular formula is C23H27F3N2O6S. The van der Waals surface area contributed by atoms with Crippen LogP contribution in [0.3, 0.4) is 0 Å². The number of alkyl carbamates (subject to hydrolysis) is 1. The molecule has 2 aromatic carbocycles. The van der Waals surface area contributed by atoms with Crippen LogP contribution in [0.15, 0.2) is 42.5 Å². The summed E-state index contributed by atoms with van der Waals surface area (Å²) in [6.07, 6.45) is -3.92. The van der Waals surface area contributed by atoms with Gasteiger partial charge in [-0.05, 0) is 56.0 Å². The van der Waals surface area contributed by atoms with Crippen LogP contribution < -0.4 is 14.8 Å². The van der Waals surface area contributed by atoms with Crippen molar-refractivity contribution in [3.05, 3.63) is 53.6 Å². The lowest BCUT2D eigenvalue weighted by Gasteiger charge is -2.19. The van der Waals surface area contributed by atoms with Crippen molar-refractivity contribution in [1.82, 2.24) is 10.0 Å². The highest BCUT2D eigenvalue weighted by Gasteiger charge is 2.29. The molecule has 0 bridgehead atoms. The van der Waals surface area contributed by atoms with Crippen LogP contribution in [-0.4, -0.2) is 51.6 Å². The minimum Gasteiger partial charge on any atom is -0.483 e. The Morgan fingerprint density at radius 2 is 1.57 bits per heavy atom. The van der Waals surface area contributed by atoms with Crippen LogP contribution in [0.1, 0.15) is 36.7 Å². The fourth-order valence-corrected chi connectivity index (χ4v) is 3.33. The topological polar surface area (TPSA) is 111 Å². The van der Waals surface area contributed by atoms with Crippen molar-refractivity contribution in [3.63, 3.8) is 0 Å². The summed E-state index contributed by atoms with van der Waals surface area (Å²) >= 11 is 0. The predicted octanol–water partition coefficient (Wildman–Crippen LogP) is 4.05. The second-order valence-electron chi connectivity index (χ2n) is 8.69. The Morgan fingerprint density at radius 1 is 0.971 bits per heavy atom. The molecule has 192 valence electrons. The molecule has 0 aliphatic rings. The van der Waals surface area contributed by atoms with Crippen LogP contribution in [-0.2, 0) is 21.2 Å². The van der Waals surface area contributed by atoms with Gasteiger partial charge in [0.25, 0.3) is 5.91 Å². The van der Waals surface area contributed by atoms with Crippen molar-refractivity contribution in [1.29, 1.82) is 0 Å². The van der Waals surface area contributed by atoms with Gasteiger partial charge in [0.2, 0.25) is 10.0 Å². The van der Waals surface area contributed by atoms with Crippen LogP contribution in [0.4, 0.5) is 18.0 Å². The van der Waals surface area contributed by atoms with Gasteiger partial charge in [0.15, 0.2) is 6.61 Å². The van der Waals surface area contributed by atoms with Gasteiger partial charge in [-0.3, -0.25) is 4.79 Å². The van der Waals surface area contributed by atoms with Crippen LogP contribution in [0.5, 0.6) is 5.75 Å². The maximum atomic E-state index is 12.7. The number of amides is 2. The lowest BCUT2D eigenvalue weighted by Crippen LogP contribution is -2.33. The maximum absolute atomic E-state index is 12.7. The smallest absolute Gasteiger partial charge is 0.422 e. The van der Waals surface area contributed by atoms with E-state index in [-0.39, 0.29) is 5.56 Å². The number of alkyl halides is 3. The summed E-state index contributed by atoms with van der Waals surface area (Å²) in [6.45, 7) is 3.97. The molecule has 0 aliphatic carbocycles. The van der Waals surface area contributed by atoms with E-state index in [0.717, 1.165) is 11.8 Å². The monoisotopic (exact) mass is 516 g/mol. The van der Waals surface area contributed by atoms with Crippen molar-refractivity contribution in [3.8, 4) is 16.9 Å². The SMILES string of the molecule is CC(C)(C)OC(=O)NCCc1ccc(-c2ccc(C(=O)NS(C)(=O)=O)c(OCC(F)(F)F)c2)cc1. The number of halogens is 3. The second-order valence-corrected chi connectivity index (χ2v) is 10.4. The molecule has 0 saturated heterocycles. The van der Waals surface area contributed by atoms with Gasteiger partial charge in [0, 0.05) is 6.54 Å². The first-order valence-corrected chi connectivity index (χ1v) is 12.3. The molecule has 0 heterocycles. The molecule has 0 atom stereocenters. The Bertz CT molecular complexity index is 1160. The van der Waals surface area contributed by atoms with Crippen molar-refractivity contribution in [2.75, 3.05) is 19.4 Å². The molecule has 12 heteroatoms. The van der Waals surface area contributed by atoms with Gasteiger partial charge in [-0.1, -0.05) is 30.3 Å². The Balaban J connectivity index is 2.17. The van der Waals surface area contributed by atoms with Gasteiger partial charge in [-0.25, -0.2) is 17.9 Å². The van der Waals surface area contributed by atoms with E-state index in [1.165, 1.54) is 18.2 Å². The van der Waals surface area contributed by atoms with E-state index in [0.29, 0.717) is 24.1 Å². The summed E-state index contributed by atoms with van der Waals surface area (Å²) in [4.78, 5) is 23.9. The van der Waals surface area contributed by atoms with Crippen LogP contribution in [0, 0.1) is 0 Å². The Labute approximate surface area is 201 Å². The second kappa shape index (κ2) is 11.0. The molecule has 0 radical (unpaired) electrons. The third-order valence-corrected chi connectivity index (χ3v) is 4.82. The van der Waals surface area contributed by atoms with E-state index in [1.54, 1.807) is 49.8 Å². The van der Waals surface area contributed by atoms with Crippen molar-refractivity contribution in [2.24, 2.45) is 0 Å². The van der Waals surface area contributed by atoms with Gasteiger partial charge in [-0.2, -0.15) is 13.2 Å². The lowest BCUT2D eigenvalue weighted by atomic mass is 10.0. The number of carbonyl (C=O) groups is 2. The normalized spacial score (nSPS) is 12.1. The van der Waals surface area contributed by atoms with Gasteiger partial charge in [0.1, 0.15) is 11.4 Å². The first kappa shape index (κ1) is 28.0. The van der Waals surface area contributed by atoms with Gasteiger partial charge in [0.05, 0.1) is 11.8 Å². The Morgan fingerprint density at radius 3 is 2.11 bits per heavy atom. The molecule has 2 rings (SSSR count). The van der Waals surface area contributed by atoms with Gasteiger partial charge in [-0.15, -0.1) is 0 Å². The zero-order chi connectivity index (χ0) is 26.4. The molecular weight excluding hydrogens is 489 g/mol. The molecule has 35 heavy (non-hydrogen) atoms. The van der Waals surface area contributed by atoms with E-state index in [4.69, 9.17) is 9.47 Å². The minimum absolute atomic E-state index is 0.341. The molecule has 2 aromatic rings. The highest BCUT2D eigenvalue weighted by molar-refractivity contribution is 7.89. The number of benzene rings is 2. The maximum Gasteiger partial charge on any atom is 0.422 e. The summed E-state index contributed by atoms with van der Waals surface area (Å²) < 4.78 is 72.5. The molecule has 8 nitrogen and oxygen atoms in total. The van der Waals surface area contributed by atoms with Crippen LogP contribution in [0.2, 0.25) is 0 Å². The standard InChI is InChI=1S/C23H27F3N2O6S/c1-22(2,3)34-21(30)27-12-11-15-5-7-16(8-6-15)17-9-10-18(20(29)28-35(4,31)32)19(13-17)33-14-23(24,25)26/h5-10,13H,11-12,14H2,1-4H3,(H,27,30)(H,28,29). The zero-order valence-corrected chi connectivity index (χ0v) is 20.5. The molecule has 2 amide bonds. The van der Waals surface area contributed by atoms with Crippen LogP contribution >= 0.6 is 0 Å². The quantitative estimate of drug-likeness (QED) is 0.548. The molecule has 2 N–H and O–H groups in total. The Hall–Kier alpha value is -3.28. The van der Waals surface area contributed by atoms with Crippen molar-refractivity contribution < 1.29 is 40.7 Å². The van der Waals surface area contributed by atoms with Crippen molar-refractivity contribution >= 4 is 22.0 Å². The molecule has 0 saturated carbocycles. The minimum atomic E-state index is -4.66. The highest BCUT2D eigenvalue weighted by Crippen LogP contribution is 2.29. The molecule has 0 spiro atoms. The summed E-state index contributed by atoms with van der Waals surface area (Å²) in [6, 6.07) is 10.9. The largest absolute Gasteiger partial charge is 0.483 e. The first-order valence-electron chi connectivity index (χ1n) is 10.4. The van der Waals surface area contributed by atoms with E-state index >= 15 is 0 Å². The molecule has 0 unspecified atom stereocenters. The van der Waals surface area contributed by atoms with Crippen LogP contribution in [0.25, 0.3) is 11.1 Å². The fraction of sp³-hybridized carbons (Fsp3) is 0.391. The van der Waals surface area contributed by atoms with Gasteiger partial charge < -0.3 is 14.8 Å². The number of hydrogen-bond acceptors (Lipinski definition) is 6. The number of hydrogen-bond donors (Lipinski definition) is 2. The molecule has 0 aromatic heterocycles. The number of sulfonamides is 1. The van der Waals surface area contributed by atoms with E-state index in [9.17, 15) is 31.2 Å². The average Bonchev–Trinajstić information content (AvgIpc) is 2.69. The highest BCUT2D eigenvalue weighted by atomic mass is 32.2. The summed E-state index contributed by atoms with van der Waals surface area (Å²) in [5.74, 6) is -1.52. The predicted molar refractivity (Wildman–Crippen MR) is 124 cm³/mol. The Kier molecular flexibility index (Phi) is 8.77. The van der Waals surface area contributed by atoms with E-state index in [1.807, 2.05) is 0 Å².